The molecule has 1 aliphatic rings. The number of hydrogen-bond acceptors (Lipinski definition) is 3. The minimum atomic E-state index is 0.748. The molecule has 0 bridgehead atoms. The first-order valence-electron chi connectivity index (χ1n) is 6.20. The molecule has 1 saturated carbocycles. The highest BCUT2D eigenvalue weighted by Gasteiger charge is 2.20. The Morgan fingerprint density at radius 3 is 3.12 bits per heavy atom. The Labute approximate surface area is 97.0 Å². The van der Waals surface area contributed by atoms with Crippen molar-refractivity contribution in [3.8, 4) is 0 Å². The second-order valence-electron chi connectivity index (χ2n) is 4.37. The fourth-order valence-corrected chi connectivity index (χ4v) is 1.57. The van der Waals surface area contributed by atoms with E-state index in [0.717, 1.165) is 44.5 Å². The van der Waals surface area contributed by atoms with Gasteiger partial charge in [-0.1, -0.05) is 6.92 Å². The van der Waals surface area contributed by atoms with Gasteiger partial charge in [-0.05, 0) is 19.3 Å². The predicted octanol–water partition coefficient (Wildman–Crippen LogP) is 1.56. The topological polar surface area (TPSA) is 39.1 Å². The standard InChI is InChI=1S/C12H21N3O/c1-2-6-16-7-5-15-9-12(14-10-15)8-13-11-3-4-11/h9-11,13H,2-8H2,1H3. The van der Waals surface area contributed by atoms with Crippen molar-refractivity contribution in [1.29, 1.82) is 0 Å². The molecule has 1 fully saturated rings. The van der Waals surface area contributed by atoms with Crippen LogP contribution in [0.5, 0.6) is 0 Å². The summed E-state index contributed by atoms with van der Waals surface area (Å²) in [6.45, 7) is 5.55. The zero-order chi connectivity index (χ0) is 11.2. The van der Waals surface area contributed by atoms with E-state index in [4.69, 9.17) is 4.74 Å². The Balaban J connectivity index is 1.64. The van der Waals surface area contributed by atoms with Crippen LogP contribution < -0.4 is 5.32 Å². The highest BCUT2D eigenvalue weighted by molar-refractivity contribution is 4.97. The molecule has 4 heteroatoms. The first kappa shape index (κ1) is 11.6. The molecule has 90 valence electrons. The Morgan fingerprint density at radius 2 is 2.38 bits per heavy atom. The van der Waals surface area contributed by atoms with Crippen LogP contribution in [0.15, 0.2) is 12.5 Å². The lowest BCUT2D eigenvalue weighted by molar-refractivity contribution is 0.127. The Kier molecular flexibility index (Phi) is 4.36. The summed E-state index contributed by atoms with van der Waals surface area (Å²) in [5, 5.41) is 3.46. The summed E-state index contributed by atoms with van der Waals surface area (Å²) in [4.78, 5) is 4.36. The molecule has 0 unspecified atom stereocenters. The largest absolute Gasteiger partial charge is 0.380 e. The van der Waals surface area contributed by atoms with Crippen molar-refractivity contribution in [2.75, 3.05) is 13.2 Å². The van der Waals surface area contributed by atoms with E-state index in [1.165, 1.54) is 12.8 Å². The highest BCUT2D eigenvalue weighted by Crippen LogP contribution is 2.18. The van der Waals surface area contributed by atoms with E-state index >= 15 is 0 Å². The van der Waals surface area contributed by atoms with E-state index in [9.17, 15) is 0 Å². The lowest BCUT2D eigenvalue weighted by Crippen LogP contribution is -2.15. The predicted molar refractivity (Wildman–Crippen MR) is 63.2 cm³/mol. The zero-order valence-electron chi connectivity index (χ0n) is 9.98. The molecule has 1 aromatic heterocycles. The van der Waals surface area contributed by atoms with Gasteiger partial charge in [0.25, 0.3) is 0 Å². The van der Waals surface area contributed by atoms with Gasteiger partial charge in [-0.3, -0.25) is 0 Å². The van der Waals surface area contributed by atoms with Crippen LogP contribution >= 0.6 is 0 Å². The van der Waals surface area contributed by atoms with Gasteiger partial charge in [-0.25, -0.2) is 4.98 Å². The molecule has 0 aliphatic heterocycles. The minimum Gasteiger partial charge on any atom is -0.380 e. The van der Waals surface area contributed by atoms with Crippen LogP contribution in [-0.4, -0.2) is 28.8 Å². The summed E-state index contributed by atoms with van der Waals surface area (Å²) >= 11 is 0. The maximum Gasteiger partial charge on any atom is 0.0950 e. The average molecular weight is 223 g/mol. The van der Waals surface area contributed by atoms with E-state index in [0.29, 0.717) is 0 Å². The molecule has 1 heterocycles. The first-order chi connectivity index (χ1) is 7.88. The van der Waals surface area contributed by atoms with Gasteiger partial charge >= 0.3 is 0 Å². The van der Waals surface area contributed by atoms with E-state index in [-0.39, 0.29) is 0 Å². The number of nitrogens with one attached hydrogen (secondary N) is 1. The van der Waals surface area contributed by atoms with Crippen molar-refractivity contribution in [3.63, 3.8) is 0 Å². The van der Waals surface area contributed by atoms with Crippen LogP contribution in [0.2, 0.25) is 0 Å². The number of hydrogen-bond donors (Lipinski definition) is 1. The van der Waals surface area contributed by atoms with Crippen LogP contribution in [-0.2, 0) is 17.8 Å². The molecule has 2 rings (SSSR count). The van der Waals surface area contributed by atoms with E-state index < -0.39 is 0 Å². The van der Waals surface area contributed by atoms with Crippen molar-refractivity contribution in [2.45, 2.75) is 45.3 Å². The number of imidazole rings is 1. The normalized spacial score (nSPS) is 15.6. The molecule has 1 N–H and O–H groups in total. The van der Waals surface area contributed by atoms with Gasteiger partial charge in [0.2, 0.25) is 0 Å². The molecule has 0 aromatic carbocycles. The Morgan fingerprint density at radius 1 is 1.50 bits per heavy atom. The van der Waals surface area contributed by atoms with Crippen LogP contribution in [0.1, 0.15) is 31.9 Å². The lowest BCUT2D eigenvalue weighted by Gasteiger charge is -2.02. The highest BCUT2D eigenvalue weighted by atomic mass is 16.5. The lowest BCUT2D eigenvalue weighted by atomic mass is 10.4. The van der Waals surface area contributed by atoms with Gasteiger partial charge in [0, 0.05) is 31.9 Å². The number of nitrogens with zero attached hydrogens (tertiary/aromatic N) is 2. The smallest absolute Gasteiger partial charge is 0.0950 e. The summed E-state index contributed by atoms with van der Waals surface area (Å²) in [5.74, 6) is 0. The van der Waals surface area contributed by atoms with E-state index in [1.807, 2.05) is 6.33 Å². The fraction of sp³-hybridized carbons (Fsp3) is 0.750. The van der Waals surface area contributed by atoms with Crippen molar-refractivity contribution in [2.24, 2.45) is 0 Å². The van der Waals surface area contributed by atoms with Crippen molar-refractivity contribution >= 4 is 0 Å². The third-order valence-electron chi connectivity index (χ3n) is 2.68. The van der Waals surface area contributed by atoms with E-state index in [2.05, 4.69) is 28.0 Å². The summed E-state index contributed by atoms with van der Waals surface area (Å²) in [6, 6.07) is 0.748. The maximum absolute atomic E-state index is 5.44. The van der Waals surface area contributed by atoms with Crippen LogP contribution in [0.25, 0.3) is 0 Å². The molecule has 4 nitrogen and oxygen atoms in total. The molecule has 16 heavy (non-hydrogen) atoms. The molecular weight excluding hydrogens is 202 g/mol. The van der Waals surface area contributed by atoms with E-state index in [1.54, 1.807) is 0 Å². The molecular formula is C12H21N3O. The van der Waals surface area contributed by atoms with Gasteiger partial charge in [0.05, 0.1) is 18.6 Å². The number of rotatable bonds is 8. The van der Waals surface area contributed by atoms with Crippen molar-refractivity contribution in [3.05, 3.63) is 18.2 Å². The van der Waals surface area contributed by atoms with Gasteiger partial charge in [0.1, 0.15) is 0 Å². The second-order valence-corrected chi connectivity index (χ2v) is 4.37. The average Bonchev–Trinajstić information content (AvgIpc) is 3.02. The van der Waals surface area contributed by atoms with Gasteiger partial charge in [-0.15, -0.1) is 0 Å². The summed E-state index contributed by atoms with van der Waals surface area (Å²) in [5.41, 5.74) is 1.13. The summed E-state index contributed by atoms with van der Waals surface area (Å²) in [7, 11) is 0. The molecule has 1 aliphatic carbocycles. The Bertz CT molecular complexity index is 307. The molecule has 0 saturated heterocycles. The fourth-order valence-electron chi connectivity index (χ4n) is 1.57. The quantitative estimate of drug-likeness (QED) is 0.680. The van der Waals surface area contributed by atoms with Gasteiger partial charge in [0.15, 0.2) is 0 Å². The SMILES string of the molecule is CCCOCCn1cnc(CNC2CC2)c1. The maximum atomic E-state index is 5.44. The molecule has 0 atom stereocenters. The van der Waals surface area contributed by atoms with Crippen LogP contribution in [0.3, 0.4) is 0 Å². The third kappa shape index (κ3) is 3.94. The number of ether oxygens (including phenoxy) is 1. The Hall–Kier alpha value is -0.870. The number of aromatic nitrogens is 2. The van der Waals surface area contributed by atoms with Crippen LogP contribution in [0, 0.1) is 0 Å². The molecule has 0 amide bonds. The molecule has 1 aromatic rings. The molecule has 0 radical (unpaired) electrons. The minimum absolute atomic E-state index is 0.748. The van der Waals surface area contributed by atoms with Gasteiger partial charge < -0.3 is 14.6 Å². The molecule has 0 spiro atoms. The van der Waals surface area contributed by atoms with Crippen molar-refractivity contribution in [1.82, 2.24) is 14.9 Å². The summed E-state index contributed by atoms with van der Waals surface area (Å²) < 4.78 is 7.54. The third-order valence-corrected chi connectivity index (χ3v) is 2.68. The van der Waals surface area contributed by atoms with Crippen molar-refractivity contribution < 1.29 is 4.74 Å². The summed E-state index contributed by atoms with van der Waals surface area (Å²) in [6.07, 6.45) is 7.72. The zero-order valence-corrected chi connectivity index (χ0v) is 9.98. The van der Waals surface area contributed by atoms with Crippen LogP contribution in [0.4, 0.5) is 0 Å². The van der Waals surface area contributed by atoms with Gasteiger partial charge in [-0.2, -0.15) is 0 Å². The first-order valence-corrected chi connectivity index (χ1v) is 6.20. The second kappa shape index (κ2) is 6.01. The monoisotopic (exact) mass is 223 g/mol.